The molecule has 0 radical (unpaired) electrons. The van der Waals surface area contributed by atoms with Crippen LogP contribution in [0.25, 0.3) is 0 Å². The molecule has 0 saturated carbocycles. The third-order valence-electron chi connectivity index (χ3n) is 0.677. The second-order valence-electron chi connectivity index (χ2n) is 1.46. The van der Waals surface area contributed by atoms with Crippen molar-refractivity contribution in [2.45, 2.75) is 0 Å². The Labute approximate surface area is 107 Å². The van der Waals surface area contributed by atoms with Crippen molar-refractivity contribution in [1.29, 1.82) is 0 Å². The summed E-state index contributed by atoms with van der Waals surface area (Å²) in [6, 6.07) is 0. The van der Waals surface area contributed by atoms with Gasteiger partial charge in [-0.05, 0) is 0 Å². The van der Waals surface area contributed by atoms with Crippen LogP contribution in [0.3, 0.4) is 0 Å². The zero-order valence-electron chi connectivity index (χ0n) is 7.83. The average molecular weight is 239 g/mol. The Bertz CT molecular complexity index is 132. The van der Waals surface area contributed by atoms with Crippen molar-refractivity contribution in [2.24, 2.45) is 0 Å². The molecule has 2 N–H and O–H groups in total. The fourth-order valence-corrected chi connectivity index (χ4v) is 0.767. The number of thiocarbonyl (C=S) groups is 2. The fourth-order valence-electron chi connectivity index (χ4n) is 0.339. The zero-order chi connectivity index (χ0) is 7.98. The number of nitrogens with one attached hydrogen (secondary N) is 2. The normalized spacial score (nSPS) is 7.82. The quantitative estimate of drug-likeness (QED) is 0.248. The molecule has 0 bridgehead atoms. The third-order valence-corrected chi connectivity index (χ3v) is 1.28. The minimum Gasteiger partial charge on any atom is -1.00 e. The Kier molecular flexibility index (Phi) is 12.5. The van der Waals surface area contributed by atoms with Crippen molar-refractivity contribution in [3.63, 3.8) is 0 Å². The molecule has 0 rings (SSSR count). The van der Waals surface area contributed by atoms with E-state index in [1.165, 1.54) is 0 Å². The van der Waals surface area contributed by atoms with Crippen LogP contribution in [0.15, 0.2) is 0 Å². The summed E-state index contributed by atoms with van der Waals surface area (Å²) >= 11 is 17.0. The van der Waals surface area contributed by atoms with Crippen molar-refractivity contribution in [3.05, 3.63) is 0 Å². The van der Waals surface area contributed by atoms with E-state index in [9.17, 15) is 0 Å². The van der Waals surface area contributed by atoms with E-state index >= 15 is 0 Å². The van der Waals surface area contributed by atoms with Gasteiger partial charge >= 0.3 is 23.1 Å². The van der Waals surface area contributed by atoms with Gasteiger partial charge in [0.1, 0.15) is 8.64 Å². The molecule has 0 atom stereocenters. The second-order valence-corrected chi connectivity index (χ2v) is 3.78. The van der Waals surface area contributed by atoms with Crippen molar-refractivity contribution in [1.82, 2.24) is 10.6 Å². The molecule has 0 spiro atoms. The maximum atomic E-state index is 4.65. The number of thiol groups is 2. The van der Waals surface area contributed by atoms with Gasteiger partial charge in [-0.15, -0.1) is 25.3 Å². The van der Waals surface area contributed by atoms with Crippen LogP contribution in [0.5, 0.6) is 0 Å². The summed E-state index contributed by atoms with van der Waals surface area (Å²) in [7, 11) is 0. The van der Waals surface area contributed by atoms with Gasteiger partial charge < -0.3 is 13.5 Å². The first-order valence-corrected chi connectivity index (χ1v) is 4.27. The summed E-state index contributed by atoms with van der Waals surface area (Å²) in [6.45, 7) is 1.42. The fraction of sp³-hybridized carbons (Fsp3) is 0.500. The van der Waals surface area contributed by atoms with E-state index < -0.39 is 0 Å². The minimum absolute atomic E-state index is 0. The molecule has 0 fully saturated rings. The summed E-state index contributed by atoms with van der Waals surface area (Å²) in [5.74, 6) is 0. The molecule has 62 valence electrons. The van der Waals surface area contributed by atoms with Gasteiger partial charge in [-0.25, -0.2) is 0 Å². The molecule has 0 aliphatic heterocycles. The van der Waals surface area contributed by atoms with Gasteiger partial charge in [0, 0.05) is 13.1 Å². The predicted octanol–water partition coefficient (Wildman–Crippen LogP) is 0.439. The summed E-state index contributed by atoms with van der Waals surface area (Å²) in [5.41, 5.74) is 0. The Balaban J connectivity index is -0.000000135. The van der Waals surface area contributed by atoms with Gasteiger partial charge in [0.25, 0.3) is 0 Å². The van der Waals surface area contributed by atoms with Gasteiger partial charge in [-0.2, -0.15) is 0 Å². The Morgan fingerprint density at radius 1 is 1.09 bits per heavy atom. The van der Waals surface area contributed by atoms with Gasteiger partial charge in [0.2, 0.25) is 0 Å². The van der Waals surface area contributed by atoms with Crippen LogP contribution in [0.4, 0.5) is 0 Å². The van der Waals surface area contributed by atoms with Crippen LogP contribution in [0, 0.1) is 0 Å². The SMILES string of the molecule is S=C(S)NCCNC(=S)S.[H-].[H-].[Mg+2]. The molecule has 0 heterocycles. The molecule has 7 heteroatoms. The van der Waals surface area contributed by atoms with Crippen molar-refractivity contribution in [3.8, 4) is 0 Å². The molecule has 0 aromatic rings. The molecular weight excluding hydrogens is 229 g/mol. The molecule has 11 heavy (non-hydrogen) atoms. The largest absolute Gasteiger partial charge is 2.00 e. The van der Waals surface area contributed by atoms with E-state index in [2.05, 4.69) is 60.3 Å². The van der Waals surface area contributed by atoms with Crippen LogP contribution in [0.1, 0.15) is 2.85 Å². The Morgan fingerprint density at radius 2 is 1.36 bits per heavy atom. The first-order chi connectivity index (χ1) is 4.63. The predicted molar refractivity (Wildman–Crippen MR) is 67.2 cm³/mol. The number of rotatable bonds is 3. The molecule has 0 aromatic carbocycles. The van der Waals surface area contributed by atoms with E-state index in [-0.39, 0.29) is 25.9 Å². The van der Waals surface area contributed by atoms with Gasteiger partial charge in [-0.1, -0.05) is 24.4 Å². The van der Waals surface area contributed by atoms with Crippen LogP contribution in [0.2, 0.25) is 0 Å². The van der Waals surface area contributed by atoms with Crippen LogP contribution >= 0.6 is 49.7 Å². The van der Waals surface area contributed by atoms with Gasteiger partial charge in [0.15, 0.2) is 0 Å². The summed E-state index contributed by atoms with van der Waals surface area (Å²) < 4.78 is 0.985. The average Bonchev–Trinajstić information content (AvgIpc) is 1.79. The summed E-state index contributed by atoms with van der Waals surface area (Å²) in [5, 5.41) is 5.68. The maximum Gasteiger partial charge on any atom is 2.00 e. The molecule has 0 aliphatic rings. The minimum atomic E-state index is 0. The molecule has 0 amide bonds. The summed E-state index contributed by atoms with van der Waals surface area (Å²) in [4.78, 5) is 0. The molecule has 0 aromatic heterocycles. The van der Waals surface area contributed by atoms with Crippen molar-refractivity contribution < 1.29 is 2.85 Å². The van der Waals surface area contributed by atoms with Crippen molar-refractivity contribution >= 4 is 81.4 Å². The van der Waals surface area contributed by atoms with E-state index in [1.807, 2.05) is 0 Å². The smallest absolute Gasteiger partial charge is 1.00 e. The first kappa shape index (κ1) is 14.8. The zero-order valence-corrected chi connectivity index (χ0v) is 10.7. The van der Waals surface area contributed by atoms with Crippen LogP contribution < -0.4 is 10.6 Å². The topological polar surface area (TPSA) is 24.1 Å². The van der Waals surface area contributed by atoms with E-state index in [0.717, 1.165) is 0 Å². The first-order valence-electron chi connectivity index (χ1n) is 2.56. The van der Waals surface area contributed by atoms with E-state index in [0.29, 0.717) is 21.7 Å². The molecular formula is C4H10MgN2S4. The van der Waals surface area contributed by atoms with Crippen LogP contribution in [-0.2, 0) is 0 Å². The van der Waals surface area contributed by atoms with Crippen LogP contribution in [-0.4, -0.2) is 44.8 Å². The van der Waals surface area contributed by atoms with Gasteiger partial charge in [0.05, 0.1) is 0 Å². The number of hydrogen-bond acceptors (Lipinski definition) is 2. The second kappa shape index (κ2) is 9.34. The van der Waals surface area contributed by atoms with Crippen molar-refractivity contribution in [2.75, 3.05) is 13.1 Å². The van der Waals surface area contributed by atoms with Gasteiger partial charge in [-0.3, -0.25) is 0 Å². The number of hydrogen-bond donors (Lipinski definition) is 4. The molecule has 2 nitrogen and oxygen atoms in total. The Hall–Kier alpha value is 1.25. The van der Waals surface area contributed by atoms with E-state index in [4.69, 9.17) is 0 Å². The molecule has 0 saturated heterocycles. The third kappa shape index (κ3) is 14.1. The maximum absolute atomic E-state index is 4.65. The Morgan fingerprint density at radius 3 is 1.55 bits per heavy atom. The molecule has 0 unspecified atom stereocenters. The monoisotopic (exact) mass is 238 g/mol. The molecule has 0 aliphatic carbocycles. The van der Waals surface area contributed by atoms with E-state index in [1.54, 1.807) is 0 Å². The summed E-state index contributed by atoms with van der Waals surface area (Å²) in [6.07, 6.45) is 0. The standard InChI is InChI=1S/C4H8N2S4.Mg.2H/c7-3(8)5-1-2-6-4(9)10;;;/h1-2H2,(H2,5,7,8)(H2,6,9,10);;;/q;+2;2*-1.